The minimum Gasteiger partial charge on any atom is -0.462 e. The number of esters is 2. The number of nitrogens with two attached hydrogens (primary N) is 1. The van der Waals surface area contributed by atoms with Crippen LogP contribution >= 0.6 is 7.82 Å². The molecule has 0 saturated heterocycles. The summed E-state index contributed by atoms with van der Waals surface area (Å²) < 4.78 is 32.7. The van der Waals surface area contributed by atoms with Crippen LogP contribution in [-0.4, -0.2) is 77.5 Å². The van der Waals surface area contributed by atoms with Crippen molar-refractivity contribution in [3.05, 3.63) is 72.9 Å². The SMILES string of the molecule is CC/C=C\C/C=C\C/C=C\C/C=C\CCCCCCC(=O)O[C@H](COC(=O)CCC/C=C\C[C@H]1C(=O)C[C@@H](O)[C@@H]1/C=C/[C@@H](O)CCCCC)COP(=O)(O)OCCN. The Kier molecular flexibility index (Phi) is 31.9. The van der Waals surface area contributed by atoms with E-state index in [2.05, 4.69) is 62.5 Å². The summed E-state index contributed by atoms with van der Waals surface area (Å²) in [5, 5.41) is 20.7. The van der Waals surface area contributed by atoms with Gasteiger partial charge in [0.2, 0.25) is 0 Å². The molecule has 1 fully saturated rings. The molecule has 0 spiro atoms. The first-order valence-corrected chi connectivity index (χ1v) is 23.0. The number of Topliss-reactive ketones (excluding diaryl/α,β-unsaturated/α-hetero) is 1. The Morgan fingerprint density at radius 2 is 1.45 bits per heavy atom. The molecule has 6 atom stereocenters. The molecule has 0 amide bonds. The smallest absolute Gasteiger partial charge is 0.462 e. The van der Waals surface area contributed by atoms with E-state index in [4.69, 9.17) is 24.3 Å². The summed E-state index contributed by atoms with van der Waals surface area (Å²) in [4.78, 5) is 47.6. The van der Waals surface area contributed by atoms with E-state index >= 15 is 0 Å². The quantitative estimate of drug-likeness (QED) is 0.0206. The molecule has 330 valence electrons. The van der Waals surface area contributed by atoms with Gasteiger partial charge in [0.1, 0.15) is 12.4 Å². The lowest BCUT2D eigenvalue weighted by molar-refractivity contribution is -0.161. The van der Waals surface area contributed by atoms with Gasteiger partial charge in [-0.25, -0.2) is 4.57 Å². The standard InChI is InChI=1S/C45H74NO11P/c1-3-5-7-8-9-10-11-12-13-14-15-16-17-18-19-20-26-30-45(51)57-39(37-56-58(52,53)55-34-33-46)36-54-44(50)29-25-22-21-24-28-40-41(43(49)35-42(40)48)32-31-38(47)27-23-6-4-2/h5,7,9-10,12-13,15-16,21,24,31-32,38-41,43,47,49H,3-4,6,8,11,14,17-20,22-23,25-30,33-37,46H2,1-2H3,(H,52,53)/b7-5-,10-9-,13-12-,16-15-,24-21-,32-31+/t38-,39+,40+,41+,43+/m0/s1. The van der Waals surface area contributed by atoms with Crippen molar-refractivity contribution in [2.45, 2.75) is 154 Å². The normalized spacial score (nSPS) is 19.8. The number of allylic oxidation sites excluding steroid dienone is 10. The lowest BCUT2D eigenvalue weighted by Gasteiger charge is -2.19. The number of rotatable bonds is 35. The van der Waals surface area contributed by atoms with Gasteiger partial charge in [-0.2, -0.15) is 0 Å². The van der Waals surface area contributed by atoms with Crippen LogP contribution in [0.5, 0.6) is 0 Å². The number of aliphatic hydroxyl groups excluding tert-OH is 2. The molecular weight excluding hydrogens is 761 g/mol. The number of carbonyl (C=O) groups is 3. The summed E-state index contributed by atoms with van der Waals surface area (Å²) in [6.45, 7) is 3.15. The molecule has 0 aliphatic heterocycles. The first kappa shape index (κ1) is 53.1. The third-order valence-corrected chi connectivity index (χ3v) is 10.4. The van der Waals surface area contributed by atoms with Crippen LogP contribution in [0, 0.1) is 11.8 Å². The molecule has 0 heterocycles. The minimum absolute atomic E-state index is 0.00647. The topological polar surface area (TPSA) is 192 Å². The van der Waals surface area contributed by atoms with Crippen molar-refractivity contribution >= 4 is 25.5 Å². The van der Waals surface area contributed by atoms with Crippen molar-refractivity contribution in [1.82, 2.24) is 0 Å². The van der Waals surface area contributed by atoms with E-state index in [9.17, 15) is 34.1 Å². The first-order valence-electron chi connectivity index (χ1n) is 21.5. The summed E-state index contributed by atoms with van der Waals surface area (Å²) in [5.41, 5.74) is 5.34. The third-order valence-electron chi connectivity index (χ3n) is 9.44. The predicted molar refractivity (Wildman–Crippen MR) is 230 cm³/mol. The van der Waals surface area contributed by atoms with Crippen LogP contribution in [-0.2, 0) is 37.5 Å². The summed E-state index contributed by atoms with van der Waals surface area (Å²) >= 11 is 0. The molecule has 12 nitrogen and oxygen atoms in total. The van der Waals surface area contributed by atoms with Crippen molar-refractivity contribution in [2.75, 3.05) is 26.4 Å². The summed E-state index contributed by atoms with van der Waals surface area (Å²) in [6.07, 6.45) is 35.8. The van der Waals surface area contributed by atoms with Gasteiger partial charge in [0.05, 0.1) is 25.4 Å². The summed E-state index contributed by atoms with van der Waals surface area (Å²) in [6, 6.07) is 0. The summed E-state index contributed by atoms with van der Waals surface area (Å²) in [5.74, 6) is -1.79. The maximum absolute atomic E-state index is 12.6. The number of phosphoric ester groups is 1. The van der Waals surface area contributed by atoms with E-state index < -0.39 is 44.7 Å². The van der Waals surface area contributed by atoms with Crippen molar-refractivity contribution in [1.29, 1.82) is 0 Å². The highest BCUT2D eigenvalue weighted by Crippen LogP contribution is 2.43. The number of unbranched alkanes of at least 4 members (excludes halogenated alkanes) is 7. The Hall–Kier alpha value is -2.96. The number of ether oxygens (including phenoxy) is 2. The van der Waals surface area contributed by atoms with E-state index in [-0.39, 0.29) is 56.6 Å². The zero-order valence-corrected chi connectivity index (χ0v) is 36.1. The molecule has 5 N–H and O–H groups in total. The Morgan fingerprint density at radius 3 is 2.14 bits per heavy atom. The number of hydrogen-bond donors (Lipinski definition) is 4. The predicted octanol–water partition coefficient (Wildman–Crippen LogP) is 8.86. The van der Waals surface area contributed by atoms with Crippen LogP contribution in [0.2, 0.25) is 0 Å². The molecule has 1 aliphatic rings. The maximum atomic E-state index is 12.6. The van der Waals surface area contributed by atoms with E-state index in [1.165, 1.54) is 0 Å². The lowest BCUT2D eigenvalue weighted by Crippen LogP contribution is -2.29. The average molecular weight is 836 g/mol. The summed E-state index contributed by atoms with van der Waals surface area (Å²) in [7, 11) is -4.45. The molecule has 1 rings (SSSR count). The largest absolute Gasteiger partial charge is 0.472 e. The maximum Gasteiger partial charge on any atom is 0.472 e. The highest BCUT2D eigenvalue weighted by molar-refractivity contribution is 7.47. The zero-order valence-electron chi connectivity index (χ0n) is 35.2. The zero-order chi connectivity index (χ0) is 42.7. The number of hydrogen-bond acceptors (Lipinski definition) is 11. The van der Waals surface area contributed by atoms with Gasteiger partial charge in [-0.15, -0.1) is 0 Å². The number of phosphoric acid groups is 1. The minimum atomic E-state index is -4.45. The average Bonchev–Trinajstić information content (AvgIpc) is 3.47. The van der Waals surface area contributed by atoms with Crippen molar-refractivity contribution in [3.8, 4) is 0 Å². The fourth-order valence-electron chi connectivity index (χ4n) is 6.19. The molecule has 0 bridgehead atoms. The molecule has 1 unspecified atom stereocenters. The van der Waals surface area contributed by atoms with Crippen LogP contribution in [0.3, 0.4) is 0 Å². The monoisotopic (exact) mass is 835 g/mol. The highest BCUT2D eigenvalue weighted by atomic mass is 31.2. The first-order chi connectivity index (χ1) is 28.0. The van der Waals surface area contributed by atoms with Crippen molar-refractivity contribution in [2.24, 2.45) is 17.6 Å². The molecule has 0 aromatic heterocycles. The van der Waals surface area contributed by atoms with Gasteiger partial charge in [0, 0.05) is 37.6 Å². The van der Waals surface area contributed by atoms with Crippen LogP contribution in [0.25, 0.3) is 0 Å². The second-order valence-electron chi connectivity index (χ2n) is 14.6. The number of carbonyl (C=O) groups excluding carboxylic acids is 3. The molecular formula is C45H74NO11P. The molecule has 0 aromatic rings. The molecule has 13 heteroatoms. The lowest BCUT2D eigenvalue weighted by atomic mass is 9.90. The van der Waals surface area contributed by atoms with Crippen molar-refractivity contribution in [3.63, 3.8) is 0 Å². The molecule has 0 aromatic carbocycles. The van der Waals surface area contributed by atoms with Gasteiger partial charge < -0.3 is 30.3 Å². The molecule has 0 radical (unpaired) electrons. The Labute approximate surface area is 348 Å². The van der Waals surface area contributed by atoms with E-state index in [1.807, 2.05) is 12.2 Å². The van der Waals surface area contributed by atoms with Crippen LogP contribution in [0.4, 0.5) is 0 Å². The Morgan fingerprint density at radius 1 is 0.810 bits per heavy atom. The molecule has 1 saturated carbocycles. The number of aliphatic hydroxyl groups is 2. The Bertz CT molecular complexity index is 1340. The molecule has 58 heavy (non-hydrogen) atoms. The van der Waals surface area contributed by atoms with E-state index in [0.29, 0.717) is 32.1 Å². The van der Waals surface area contributed by atoms with E-state index in [1.54, 1.807) is 12.2 Å². The van der Waals surface area contributed by atoms with Gasteiger partial charge >= 0.3 is 19.8 Å². The highest BCUT2D eigenvalue weighted by Gasteiger charge is 2.39. The van der Waals surface area contributed by atoms with Crippen molar-refractivity contribution < 1.29 is 52.6 Å². The van der Waals surface area contributed by atoms with Gasteiger partial charge in [-0.1, -0.05) is 119 Å². The van der Waals surface area contributed by atoms with Gasteiger partial charge in [0.15, 0.2) is 6.10 Å². The van der Waals surface area contributed by atoms with Gasteiger partial charge in [0.25, 0.3) is 0 Å². The van der Waals surface area contributed by atoms with Gasteiger partial charge in [-0.3, -0.25) is 23.4 Å². The fraction of sp³-hybridized carbons (Fsp3) is 0.667. The number of ketones is 1. The Balaban J connectivity index is 2.43. The molecule has 1 aliphatic carbocycles. The third kappa shape index (κ3) is 28.5. The second-order valence-corrected chi connectivity index (χ2v) is 16.1. The van der Waals surface area contributed by atoms with Crippen LogP contribution < -0.4 is 5.73 Å². The van der Waals surface area contributed by atoms with Gasteiger partial charge in [-0.05, 0) is 70.6 Å². The van der Waals surface area contributed by atoms with Crippen LogP contribution in [0.15, 0.2) is 72.9 Å². The van der Waals surface area contributed by atoms with Crippen LogP contribution in [0.1, 0.15) is 136 Å². The van der Waals surface area contributed by atoms with E-state index in [0.717, 1.165) is 70.6 Å². The fourth-order valence-corrected chi connectivity index (χ4v) is 6.96. The second kappa shape index (κ2) is 34.9.